The summed E-state index contributed by atoms with van der Waals surface area (Å²) in [7, 11) is 0. The fraction of sp³-hybridized carbons (Fsp3) is 0.348. The summed E-state index contributed by atoms with van der Waals surface area (Å²) in [4.78, 5) is 15.2. The van der Waals surface area contributed by atoms with E-state index >= 15 is 0 Å². The summed E-state index contributed by atoms with van der Waals surface area (Å²) >= 11 is 0. The summed E-state index contributed by atoms with van der Waals surface area (Å²) in [5.41, 5.74) is 2.80. The average Bonchev–Trinajstić information content (AvgIpc) is 3.01. The van der Waals surface area contributed by atoms with Gasteiger partial charge in [0.2, 0.25) is 0 Å². The summed E-state index contributed by atoms with van der Waals surface area (Å²) in [5.74, 6) is 0.824. The van der Waals surface area contributed by atoms with Crippen molar-refractivity contribution < 1.29 is 14.3 Å². The molecule has 1 amide bonds. The molecule has 148 valence electrons. The van der Waals surface area contributed by atoms with Gasteiger partial charge >= 0.3 is 6.09 Å². The molecule has 2 N–H and O–H groups in total. The third kappa shape index (κ3) is 5.52. The van der Waals surface area contributed by atoms with Crippen molar-refractivity contribution in [3.63, 3.8) is 0 Å². The average molecular weight is 380 g/mol. The van der Waals surface area contributed by atoms with Crippen molar-refractivity contribution in [1.29, 1.82) is 0 Å². The molecule has 28 heavy (non-hydrogen) atoms. The minimum atomic E-state index is -0.499. The minimum Gasteiger partial charge on any atom is -0.489 e. The van der Waals surface area contributed by atoms with Crippen LogP contribution in [-0.4, -0.2) is 22.7 Å². The fourth-order valence-corrected chi connectivity index (χ4v) is 3.05. The Morgan fingerprint density at radius 3 is 2.61 bits per heavy atom. The molecule has 0 aliphatic rings. The monoisotopic (exact) mass is 380 g/mol. The third-order valence-electron chi connectivity index (χ3n) is 4.28. The van der Waals surface area contributed by atoms with Crippen molar-refractivity contribution in [1.82, 2.24) is 10.3 Å². The number of alkyl carbamates (subject to hydrolysis) is 1. The molecule has 0 fully saturated rings. The maximum atomic E-state index is 11.9. The van der Waals surface area contributed by atoms with Gasteiger partial charge in [-0.2, -0.15) is 0 Å². The molecule has 1 aromatic heterocycles. The summed E-state index contributed by atoms with van der Waals surface area (Å²) in [6.07, 6.45) is 2.30. The van der Waals surface area contributed by atoms with Gasteiger partial charge in [-0.1, -0.05) is 30.3 Å². The van der Waals surface area contributed by atoms with Gasteiger partial charge in [0, 0.05) is 29.2 Å². The molecule has 2 aromatic carbocycles. The SMILES string of the molecule is C[C@H](Cc1c[nH]c2cc(OCc3ccccc3)ccc12)NC(=O)OC(C)(C)C. The van der Waals surface area contributed by atoms with Crippen LogP contribution in [0.2, 0.25) is 0 Å². The first-order valence-corrected chi connectivity index (χ1v) is 9.56. The number of benzene rings is 2. The van der Waals surface area contributed by atoms with Crippen molar-refractivity contribution in [2.24, 2.45) is 0 Å². The van der Waals surface area contributed by atoms with Crippen LogP contribution in [-0.2, 0) is 17.8 Å². The van der Waals surface area contributed by atoms with Crippen LogP contribution in [0.1, 0.15) is 38.8 Å². The van der Waals surface area contributed by atoms with Crippen LogP contribution in [0.5, 0.6) is 5.75 Å². The summed E-state index contributed by atoms with van der Waals surface area (Å²) < 4.78 is 11.2. The van der Waals surface area contributed by atoms with Crippen molar-refractivity contribution in [2.75, 3.05) is 0 Å². The van der Waals surface area contributed by atoms with Crippen LogP contribution in [0, 0.1) is 0 Å². The Morgan fingerprint density at radius 2 is 1.89 bits per heavy atom. The summed E-state index contributed by atoms with van der Waals surface area (Å²) in [6, 6.07) is 16.1. The predicted octanol–water partition coefficient (Wildman–Crippen LogP) is 5.20. The molecule has 5 nitrogen and oxygen atoms in total. The number of nitrogens with one attached hydrogen (secondary N) is 2. The fourth-order valence-electron chi connectivity index (χ4n) is 3.05. The Hall–Kier alpha value is -2.95. The number of rotatable bonds is 6. The van der Waals surface area contributed by atoms with E-state index in [9.17, 15) is 4.79 Å². The summed E-state index contributed by atoms with van der Waals surface area (Å²) in [5, 5.41) is 4.02. The molecule has 1 atom stereocenters. The molecular weight excluding hydrogens is 352 g/mol. The highest BCUT2D eigenvalue weighted by atomic mass is 16.6. The van der Waals surface area contributed by atoms with E-state index in [4.69, 9.17) is 9.47 Å². The van der Waals surface area contributed by atoms with Gasteiger partial charge in [-0.05, 0) is 57.4 Å². The van der Waals surface area contributed by atoms with E-state index in [1.54, 1.807) is 0 Å². The second-order valence-corrected chi connectivity index (χ2v) is 8.05. The quantitative estimate of drug-likeness (QED) is 0.617. The Labute approximate surface area is 166 Å². The number of hydrogen-bond acceptors (Lipinski definition) is 3. The van der Waals surface area contributed by atoms with Crippen molar-refractivity contribution in [3.05, 3.63) is 65.9 Å². The first-order chi connectivity index (χ1) is 13.3. The first kappa shape index (κ1) is 19.8. The molecule has 0 bridgehead atoms. The van der Waals surface area contributed by atoms with Gasteiger partial charge in [0.05, 0.1) is 0 Å². The standard InChI is InChI=1S/C23H28N2O3/c1-16(25-22(26)28-23(2,3)4)12-18-14-24-21-13-19(10-11-20(18)21)27-15-17-8-6-5-7-9-17/h5-11,13-14,16,24H,12,15H2,1-4H3,(H,25,26)/t16-/m1/s1. The maximum absolute atomic E-state index is 11.9. The zero-order chi connectivity index (χ0) is 20.1. The lowest BCUT2D eigenvalue weighted by Gasteiger charge is -2.21. The number of H-pyrrole nitrogens is 1. The van der Waals surface area contributed by atoms with E-state index in [2.05, 4.69) is 16.4 Å². The molecule has 0 radical (unpaired) electrons. The lowest BCUT2D eigenvalue weighted by molar-refractivity contribution is 0.0508. The molecule has 0 saturated carbocycles. The van der Waals surface area contributed by atoms with Crippen molar-refractivity contribution >= 4 is 17.0 Å². The molecule has 0 spiro atoms. The Balaban J connectivity index is 1.61. The number of carbonyl (C=O) groups excluding carboxylic acids is 1. The maximum Gasteiger partial charge on any atom is 0.407 e. The highest BCUT2D eigenvalue weighted by Crippen LogP contribution is 2.25. The van der Waals surface area contributed by atoms with Gasteiger partial charge in [0.1, 0.15) is 18.0 Å². The predicted molar refractivity (Wildman–Crippen MR) is 112 cm³/mol. The second kappa shape index (κ2) is 8.38. The number of amides is 1. The molecule has 0 unspecified atom stereocenters. The summed E-state index contributed by atoms with van der Waals surface area (Å²) in [6.45, 7) is 8.08. The lowest BCUT2D eigenvalue weighted by Crippen LogP contribution is -2.38. The zero-order valence-corrected chi connectivity index (χ0v) is 16.9. The molecule has 0 aliphatic heterocycles. The van der Waals surface area contributed by atoms with E-state index in [0.717, 1.165) is 27.8 Å². The second-order valence-electron chi connectivity index (χ2n) is 8.05. The van der Waals surface area contributed by atoms with Crippen LogP contribution >= 0.6 is 0 Å². The lowest BCUT2D eigenvalue weighted by atomic mass is 10.1. The normalized spacial score (nSPS) is 12.6. The number of aromatic amines is 1. The van der Waals surface area contributed by atoms with Gasteiger partial charge in [-0.15, -0.1) is 0 Å². The number of carbonyl (C=O) groups is 1. The zero-order valence-electron chi connectivity index (χ0n) is 16.9. The molecule has 0 aliphatic carbocycles. The first-order valence-electron chi connectivity index (χ1n) is 9.56. The van der Waals surface area contributed by atoms with Crippen LogP contribution in [0.3, 0.4) is 0 Å². The topological polar surface area (TPSA) is 63.3 Å². The smallest absolute Gasteiger partial charge is 0.407 e. The van der Waals surface area contributed by atoms with Crippen molar-refractivity contribution in [2.45, 2.75) is 52.4 Å². The molecule has 5 heteroatoms. The van der Waals surface area contributed by atoms with Gasteiger partial charge in [-0.3, -0.25) is 0 Å². The number of fused-ring (bicyclic) bond motifs is 1. The van der Waals surface area contributed by atoms with E-state index in [1.807, 2.05) is 76.4 Å². The van der Waals surface area contributed by atoms with E-state index < -0.39 is 11.7 Å². The van der Waals surface area contributed by atoms with E-state index in [0.29, 0.717) is 13.0 Å². The number of hydrogen-bond donors (Lipinski definition) is 2. The third-order valence-corrected chi connectivity index (χ3v) is 4.28. The molecular formula is C23H28N2O3. The Kier molecular flexibility index (Phi) is 5.93. The Morgan fingerprint density at radius 1 is 1.14 bits per heavy atom. The molecule has 0 saturated heterocycles. The minimum absolute atomic E-state index is 0.0390. The van der Waals surface area contributed by atoms with Crippen LogP contribution in [0.4, 0.5) is 4.79 Å². The Bertz CT molecular complexity index is 926. The van der Waals surface area contributed by atoms with Crippen LogP contribution < -0.4 is 10.1 Å². The highest BCUT2D eigenvalue weighted by Gasteiger charge is 2.18. The van der Waals surface area contributed by atoms with Crippen molar-refractivity contribution in [3.8, 4) is 5.75 Å². The van der Waals surface area contributed by atoms with Gasteiger partial charge < -0.3 is 19.8 Å². The highest BCUT2D eigenvalue weighted by molar-refractivity contribution is 5.84. The van der Waals surface area contributed by atoms with Gasteiger partial charge in [-0.25, -0.2) is 4.79 Å². The van der Waals surface area contributed by atoms with Gasteiger partial charge in [0.25, 0.3) is 0 Å². The largest absolute Gasteiger partial charge is 0.489 e. The van der Waals surface area contributed by atoms with E-state index in [1.165, 1.54) is 0 Å². The number of aromatic nitrogens is 1. The molecule has 3 rings (SSSR count). The number of ether oxygens (including phenoxy) is 2. The van der Waals surface area contributed by atoms with Gasteiger partial charge in [0.15, 0.2) is 0 Å². The van der Waals surface area contributed by atoms with Crippen LogP contribution in [0.25, 0.3) is 10.9 Å². The van der Waals surface area contributed by atoms with Crippen LogP contribution in [0.15, 0.2) is 54.7 Å². The molecule has 1 heterocycles. The van der Waals surface area contributed by atoms with E-state index in [-0.39, 0.29) is 6.04 Å². The molecule has 3 aromatic rings.